The van der Waals surface area contributed by atoms with E-state index in [2.05, 4.69) is 5.10 Å². The maximum absolute atomic E-state index is 12.2. The molecule has 0 aromatic heterocycles. The van der Waals surface area contributed by atoms with Gasteiger partial charge in [-0.1, -0.05) is 12.1 Å². The maximum Gasteiger partial charge on any atom is 0.405 e. The summed E-state index contributed by atoms with van der Waals surface area (Å²) in [7, 11) is 0. The van der Waals surface area contributed by atoms with Crippen molar-refractivity contribution in [2.24, 2.45) is 5.10 Å². The molecule has 1 aromatic rings. The van der Waals surface area contributed by atoms with Crippen LogP contribution in [0.2, 0.25) is 0 Å². The zero-order valence-corrected chi connectivity index (χ0v) is 12.7. The first kappa shape index (κ1) is 17.0. The van der Waals surface area contributed by atoms with Crippen molar-refractivity contribution in [3.8, 4) is 0 Å². The van der Waals surface area contributed by atoms with Gasteiger partial charge in [0.05, 0.1) is 5.69 Å². The lowest BCUT2D eigenvalue weighted by atomic mass is 10.1. The highest BCUT2D eigenvalue weighted by molar-refractivity contribution is 6.40. The second-order valence-corrected chi connectivity index (χ2v) is 5.34. The van der Waals surface area contributed by atoms with Gasteiger partial charge < -0.3 is 5.32 Å². The average Bonchev–Trinajstić information content (AvgIpc) is 2.47. The monoisotopic (exact) mass is 327 g/mol. The number of halogens is 3. The Balaban J connectivity index is 2.24. The van der Waals surface area contributed by atoms with Crippen LogP contribution in [-0.2, 0) is 9.59 Å². The van der Waals surface area contributed by atoms with Gasteiger partial charge in [-0.25, -0.2) is 5.01 Å². The first-order valence-corrected chi connectivity index (χ1v) is 7.00. The third-order valence-corrected chi connectivity index (χ3v) is 3.34. The SMILES string of the molecule is Cc1ccc(C)c(N2N=C(C(=O)NCC(F)(F)F)CCC2=O)c1. The van der Waals surface area contributed by atoms with E-state index in [0.717, 1.165) is 16.1 Å². The van der Waals surface area contributed by atoms with Gasteiger partial charge in [0.2, 0.25) is 5.91 Å². The summed E-state index contributed by atoms with van der Waals surface area (Å²) in [4.78, 5) is 23.9. The third-order valence-electron chi connectivity index (χ3n) is 3.34. The van der Waals surface area contributed by atoms with E-state index in [-0.39, 0.29) is 24.5 Å². The predicted octanol–water partition coefficient (Wildman–Crippen LogP) is 2.46. The zero-order chi connectivity index (χ0) is 17.2. The Morgan fingerprint density at radius 2 is 2.00 bits per heavy atom. The Labute approximate surface area is 131 Å². The van der Waals surface area contributed by atoms with Gasteiger partial charge in [-0.05, 0) is 31.0 Å². The fourth-order valence-corrected chi connectivity index (χ4v) is 2.14. The maximum atomic E-state index is 12.2. The van der Waals surface area contributed by atoms with Gasteiger partial charge in [0, 0.05) is 12.8 Å². The first-order chi connectivity index (χ1) is 10.7. The predicted molar refractivity (Wildman–Crippen MR) is 79.1 cm³/mol. The fraction of sp³-hybridized carbons (Fsp3) is 0.400. The molecule has 1 aliphatic rings. The minimum absolute atomic E-state index is 0.0177. The summed E-state index contributed by atoms with van der Waals surface area (Å²) in [5.41, 5.74) is 2.12. The Morgan fingerprint density at radius 1 is 1.30 bits per heavy atom. The molecule has 23 heavy (non-hydrogen) atoms. The summed E-state index contributed by atoms with van der Waals surface area (Å²) in [6.07, 6.45) is -4.46. The Morgan fingerprint density at radius 3 is 2.65 bits per heavy atom. The number of rotatable bonds is 3. The van der Waals surface area contributed by atoms with E-state index in [1.54, 1.807) is 18.3 Å². The van der Waals surface area contributed by atoms with Crippen molar-refractivity contribution in [2.75, 3.05) is 11.6 Å². The molecule has 0 fully saturated rings. The Bertz CT molecular complexity index is 668. The van der Waals surface area contributed by atoms with E-state index in [1.165, 1.54) is 0 Å². The van der Waals surface area contributed by atoms with Crippen LogP contribution in [0.25, 0.3) is 0 Å². The second kappa shape index (κ2) is 6.39. The molecule has 0 atom stereocenters. The molecule has 0 saturated carbocycles. The van der Waals surface area contributed by atoms with Crippen molar-refractivity contribution >= 4 is 23.2 Å². The van der Waals surface area contributed by atoms with Crippen molar-refractivity contribution in [1.29, 1.82) is 0 Å². The lowest BCUT2D eigenvalue weighted by Gasteiger charge is -2.25. The molecule has 2 amide bonds. The number of nitrogens with zero attached hydrogens (tertiary/aromatic N) is 2. The van der Waals surface area contributed by atoms with Crippen molar-refractivity contribution in [3.05, 3.63) is 29.3 Å². The van der Waals surface area contributed by atoms with Gasteiger partial charge in [-0.2, -0.15) is 18.3 Å². The van der Waals surface area contributed by atoms with Crippen molar-refractivity contribution in [3.63, 3.8) is 0 Å². The quantitative estimate of drug-likeness (QED) is 0.927. The number of nitrogens with one attached hydrogen (secondary N) is 1. The lowest BCUT2D eigenvalue weighted by Crippen LogP contribution is -2.42. The van der Waals surface area contributed by atoms with E-state index in [0.29, 0.717) is 5.69 Å². The topological polar surface area (TPSA) is 61.8 Å². The number of hydrogen-bond donors (Lipinski definition) is 1. The smallest absolute Gasteiger partial charge is 0.342 e. The van der Waals surface area contributed by atoms with E-state index in [9.17, 15) is 22.8 Å². The van der Waals surface area contributed by atoms with Crippen LogP contribution in [0.3, 0.4) is 0 Å². The van der Waals surface area contributed by atoms with Crippen molar-refractivity contribution in [1.82, 2.24) is 5.32 Å². The first-order valence-electron chi connectivity index (χ1n) is 7.00. The number of benzene rings is 1. The fourth-order valence-electron chi connectivity index (χ4n) is 2.14. The van der Waals surface area contributed by atoms with Crippen LogP contribution in [0, 0.1) is 13.8 Å². The van der Waals surface area contributed by atoms with Crippen LogP contribution in [0.5, 0.6) is 0 Å². The molecule has 124 valence electrons. The molecule has 0 unspecified atom stereocenters. The van der Waals surface area contributed by atoms with Gasteiger partial charge in [-0.3, -0.25) is 9.59 Å². The summed E-state index contributed by atoms with van der Waals surface area (Å²) in [5.74, 6) is -1.21. The van der Waals surface area contributed by atoms with Gasteiger partial charge in [0.25, 0.3) is 5.91 Å². The van der Waals surface area contributed by atoms with E-state index in [4.69, 9.17) is 0 Å². The standard InChI is InChI=1S/C15H16F3N3O2/c1-9-3-4-10(2)12(7-9)21-13(22)6-5-11(20-21)14(23)19-8-15(16,17)18/h3-4,7H,5-6,8H2,1-2H3,(H,19,23). The molecular formula is C15H16F3N3O2. The summed E-state index contributed by atoms with van der Waals surface area (Å²) < 4.78 is 36.5. The molecule has 1 heterocycles. The van der Waals surface area contributed by atoms with E-state index >= 15 is 0 Å². The van der Waals surface area contributed by atoms with Crippen LogP contribution in [0.1, 0.15) is 24.0 Å². The lowest BCUT2D eigenvalue weighted by molar-refractivity contribution is -0.135. The molecule has 1 N–H and O–H groups in total. The van der Waals surface area contributed by atoms with E-state index in [1.807, 2.05) is 19.1 Å². The molecule has 0 bridgehead atoms. The highest BCUT2D eigenvalue weighted by atomic mass is 19.4. The molecule has 8 heteroatoms. The normalized spacial score (nSPS) is 15.4. The molecule has 0 aliphatic carbocycles. The molecule has 0 saturated heterocycles. The summed E-state index contributed by atoms with van der Waals surface area (Å²) in [6.45, 7) is 2.20. The zero-order valence-electron chi connectivity index (χ0n) is 12.7. The summed E-state index contributed by atoms with van der Waals surface area (Å²) in [6, 6.07) is 5.42. The Hall–Kier alpha value is -2.38. The molecule has 0 radical (unpaired) electrons. The van der Waals surface area contributed by atoms with Crippen LogP contribution in [0.15, 0.2) is 23.3 Å². The largest absolute Gasteiger partial charge is 0.405 e. The van der Waals surface area contributed by atoms with Gasteiger partial charge >= 0.3 is 6.18 Å². The molecular weight excluding hydrogens is 311 g/mol. The highest BCUT2D eigenvalue weighted by Gasteiger charge is 2.31. The minimum Gasteiger partial charge on any atom is -0.342 e. The van der Waals surface area contributed by atoms with Gasteiger partial charge in [0.15, 0.2) is 0 Å². The van der Waals surface area contributed by atoms with Crippen LogP contribution < -0.4 is 10.3 Å². The molecule has 0 spiro atoms. The number of hydrogen-bond acceptors (Lipinski definition) is 3. The molecule has 1 aromatic carbocycles. The average molecular weight is 327 g/mol. The molecule has 2 rings (SSSR count). The van der Waals surface area contributed by atoms with Gasteiger partial charge in [0.1, 0.15) is 12.3 Å². The minimum atomic E-state index is -4.49. The number of carbonyl (C=O) groups excluding carboxylic acids is 2. The molecule has 1 aliphatic heterocycles. The van der Waals surface area contributed by atoms with Gasteiger partial charge in [-0.15, -0.1) is 0 Å². The number of amides is 2. The van der Waals surface area contributed by atoms with Crippen molar-refractivity contribution in [2.45, 2.75) is 32.9 Å². The highest BCUT2D eigenvalue weighted by Crippen LogP contribution is 2.25. The number of anilines is 1. The summed E-state index contributed by atoms with van der Waals surface area (Å²) >= 11 is 0. The summed E-state index contributed by atoms with van der Waals surface area (Å²) in [5, 5.41) is 6.82. The number of alkyl halides is 3. The Kier molecular flexibility index (Phi) is 4.72. The van der Waals surface area contributed by atoms with Crippen molar-refractivity contribution < 1.29 is 22.8 Å². The van der Waals surface area contributed by atoms with Crippen LogP contribution in [0.4, 0.5) is 18.9 Å². The van der Waals surface area contributed by atoms with Crippen LogP contribution >= 0.6 is 0 Å². The number of hydrazone groups is 1. The molecule has 5 nitrogen and oxygen atoms in total. The van der Waals surface area contributed by atoms with E-state index < -0.39 is 18.6 Å². The third kappa shape index (κ3) is 4.30. The second-order valence-electron chi connectivity index (χ2n) is 5.34. The van der Waals surface area contributed by atoms with Crippen LogP contribution in [-0.4, -0.2) is 30.2 Å². The number of aryl methyl sites for hydroxylation is 2. The number of carbonyl (C=O) groups is 2.